The van der Waals surface area contributed by atoms with E-state index in [1.807, 2.05) is 6.92 Å². The van der Waals surface area contributed by atoms with Crippen LogP contribution in [0.4, 0.5) is 0 Å². The van der Waals surface area contributed by atoms with Crippen molar-refractivity contribution < 1.29 is 9.28 Å². The fraction of sp³-hybridized carbons (Fsp3) is 0.900. The number of hydrogen-bond acceptors (Lipinski definition) is 2. The standard InChI is InChI=1S/C10H20N2OS/c1-4-11-10(13)9-6-8(14)7-12(9,3)5-2/h8-9H,4-7H2,1-3H3,(H-,11,13,14)/p+1/t8-,9-,12?/m0/s1. The maximum atomic E-state index is 11.8. The third-order valence-electron chi connectivity index (χ3n) is 3.25. The Labute approximate surface area is 91.9 Å². The van der Waals surface area contributed by atoms with Gasteiger partial charge in [-0.3, -0.25) is 4.79 Å². The number of amides is 1. The molecule has 4 heteroatoms. The predicted molar refractivity (Wildman–Crippen MR) is 61.5 cm³/mol. The highest BCUT2D eigenvalue weighted by Gasteiger charge is 2.45. The van der Waals surface area contributed by atoms with Gasteiger partial charge in [-0.15, -0.1) is 0 Å². The highest BCUT2D eigenvalue weighted by Crippen LogP contribution is 2.27. The fourth-order valence-corrected chi connectivity index (χ4v) is 2.80. The summed E-state index contributed by atoms with van der Waals surface area (Å²) in [6.45, 7) is 6.82. The third kappa shape index (κ3) is 2.23. The lowest BCUT2D eigenvalue weighted by molar-refractivity contribution is -0.910. The van der Waals surface area contributed by atoms with Crippen LogP contribution in [0.15, 0.2) is 0 Å². The van der Waals surface area contributed by atoms with Crippen LogP contribution in [0.5, 0.6) is 0 Å². The molecule has 1 aliphatic heterocycles. The average Bonchev–Trinajstić information content (AvgIpc) is 2.43. The molecular formula is C10H21N2OS+. The van der Waals surface area contributed by atoms with Crippen LogP contribution in [0.2, 0.25) is 0 Å². The third-order valence-corrected chi connectivity index (χ3v) is 3.63. The van der Waals surface area contributed by atoms with Gasteiger partial charge in [-0.2, -0.15) is 12.6 Å². The van der Waals surface area contributed by atoms with E-state index in [4.69, 9.17) is 0 Å². The van der Waals surface area contributed by atoms with Crippen molar-refractivity contribution in [2.75, 3.05) is 26.7 Å². The van der Waals surface area contributed by atoms with Crippen molar-refractivity contribution in [2.24, 2.45) is 0 Å². The predicted octanol–water partition coefficient (Wildman–Crippen LogP) is 0.660. The highest BCUT2D eigenvalue weighted by atomic mass is 32.1. The Morgan fingerprint density at radius 3 is 2.71 bits per heavy atom. The van der Waals surface area contributed by atoms with Gasteiger partial charge in [0.15, 0.2) is 6.04 Å². The quantitative estimate of drug-likeness (QED) is 0.528. The van der Waals surface area contributed by atoms with Gasteiger partial charge in [-0.05, 0) is 13.8 Å². The summed E-state index contributed by atoms with van der Waals surface area (Å²) in [5.74, 6) is 0.188. The first-order valence-electron chi connectivity index (χ1n) is 5.33. The van der Waals surface area contributed by atoms with Crippen LogP contribution in [0.1, 0.15) is 20.3 Å². The number of carbonyl (C=O) groups is 1. The minimum atomic E-state index is 0.0995. The van der Waals surface area contributed by atoms with Gasteiger partial charge < -0.3 is 9.80 Å². The molecule has 1 aliphatic rings. The molecule has 14 heavy (non-hydrogen) atoms. The van der Waals surface area contributed by atoms with Crippen molar-refractivity contribution in [1.29, 1.82) is 0 Å². The van der Waals surface area contributed by atoms with E-state index in [1.54, 1.807) is 0 Å². The molecule has 1 N–H and O–H groups in total. The Hall–Kier alpha value is -0.220. The van der Waals surface area contributed by atoms with Gasteiger partial charge in [0.05, 0.1) is 25.4 Å². The molecule has 1 unspecified atom stereocenters. The normalized spacial score (nSPS) is 37.1. The van der Waals surface area contributed by atoms with Crippen LogP contribution in [0.3, 0.4) is 0 Å². The average molecular weight is 217 g/mol. The Morgan fingerprint density at radius 2 is 2.21 bits per heavy atom. The summed E-state index contributed by atoms with van der Waals surface area (Å²) >= 11 is 4.49. The SMILES string of the molecule is CCNC(=O)[C@@H]1C[C@H](S)C[N+]1(C)CC. The van der Waals surface area contributed by atoms with Gasteiger partial charge >= 0.3 is 0 Å². The van der Waals surface area contributed by atoms with E-state index in [1.165, 1.54) is 0 Å². The van der Waals surface area contributed by atoms with Gasteiger partial charge in [-0.25, -0.2) is 0 Å². The largest absolute Gasteiger partial charge is 0.351 e. The molecule has 1 saturated heterocycles. The molecule has 3 nitrogen and oxygen atoms in total. The molecule has 0 aromatic heterocycles. The summed E-state index contributed by atoms with van der Waals surface area (Å²) in [5.41, 5.74) is 0. The molecule has 1 amide bonds. The molecule has 1 fully saturated rings. The van der Waals surface area contributed by atoms with Crippen LogP contribution in [0, 0.1) is 0 Å². The summed E-state index contributed by atoms with van der Waals surface area (Å²) in [5, 5.41) is 3.28. The molecule has 0 aromatic carbocycles. The fourth-order valence-electron chi connectivity index (χ4n) is 2.23. The minimum absolute atomic E-state index is 0.0995. The molecule has 0 radical (unpaired) electrons. The summed E-state index contributed by atoms with van der Waals surface area (Å²) < 4.78 is 0.833. The highest BCUT2D eigenvalue weighted by molar-refractivity contribution is 7.81. The summed E-state index contributed by atoms with van der Waals surface area (Å²) in [6.07, 6.45) is 0.902. The lowest BCUT2D eigenvalue weighted by Crippen LogP contribution is -2.54. The smallest absolute Gasteiger partial charge is 0.278 e. The van der Waals surface area contributed by atoms with E-state index in [0.717, 1.165) is 30.5 Å². The topological polar surface area (TPSA) is 29.1 Å². The van der Waals surface area contributed by atoms with E-state index >= 15 is 0 Å². The maximum absolute atomic E-state index is 11.8. The Balaban J connectivity index is 2.71. The van der Waals surface area contributed by atoms with E-state index in [9.17, 15) is 4.79 Å². The first-order valence-corrected chi connectivity index (χ1v) is 5.85. The molecular weight excluding hydrogens is 196 g/mol. The van der Waals surface area contributed by atoms with Crippen molar-refractivity contribution in [3.63, 3.8) is 0 Å². The molecule has 0 bridgehead atoms. The number of likely N-dealkylation sites (tertiary alicyclic amines) is 1. The van der Waals surface area contributed by atoms with Crippen molar-refractivity contribution >= 4 is 18.5 Å². The van der Waals surface area contributed by atoms with E-state index in [-0.39, 0.29) is 11.9 Å². The maximum Gasteiger partial charge on any atom is 0.278 e. The summed E-state index contributed by atoms with van der Waals surface area (Å²) in [7, 11) is 2.15. The van der Waals surface area contributed by atoms with Crippen LogP contribution in [-0.2, 0) is 4.79 Å². The minimum Gasteiger partial charge on any atom is -0.351 e. The zero-order valence-electron chi connectivity index (χ0n) is 9.29. The first kappa shape index (κ1) is 11.9. The zero-order chi connectivity index (χ0) is 10.8. The van der Waals surface area contributed by atoms with Crippen molar-refractivity contribution in [2.45, 2.75) is 31.6 Å². The molecule has 1 rings (SSSR count). The van der Waals surface area contributed by atoms with Gasteiger partial charge in [0.2, 0.25) is 0 Å². The molecule has 1 heterocycles. The van der Waals surface area contributed by atoms with Crippen LogP contribution < -0.4 is 5.32 Å². The molecule has 0 aliphatic carbocycles. The van der Waals surface area contributed by atoms with Crippen molar-refractivity contribution in [3.8, 4) is 0 Å². The van der Waals surface area contributed by atoms with Crippen LogP contribution in [-0.4, -0.2) is 48.4 Å². The van der Waals surface area contributed by atoms with E-state index in [2.05, 4.69) is 31.9 Å². The van der Waals surface area contributed by atoms with Gasteiger partial charge in [0.1, 0.15) is 0 Å². The number of nitrogens with zero attached hydrogens (tertiary/aromatic N) is 1. The molecule has 82 valence electrons. The number of likely N-dealkylation sites (N-methyl/N-ethyl adjacent to an activating group) is 2. The second kappa shape index (κ2) is 4.53. The van der Waals surface area contributed by atoms with E-state index in [0.29, 0.717) is 5.25 Å². The number of nitrogens with one attached hydrogen (secondary N) is 1. The lowest BCUT2D eigenvalue weighted by Gasteiger charge is -2.33. The Bertz CT molecular complexity index is 222. The second-order valence-corrected chi connectivity index (χ2v) is 5.01. The van der Waals surface area contributed by atoms with Crippen LogP contribution >= 0.6 is 12.6 Å². The number of quaternary nitrogens is 1. The number of thiol groups is 1. The zero-order valence-corrected chi connectivity index (χ0v) is 10.2. The molecule has 0 saturated carbocycles. The Morgan fingerprint density at radius 1 is 1.57 bits per heavy atom. The Kier molecular flexibility index (Phi) is 3.84. The van der Waals surface area contributed by atoms with E-state index < -0.39 is 0 Å². The van der Waals surface area contributed by atoms with Gasteiger partial charge in [0.25, 0.3) is 5.91 Å². The summed E-state index contributed by atoms with van der Waals surface area (Å²) in [4.78, 5) is 11.8. The van der Waals surface area contributed by atoms with Gasteiger partial charge in [0, 0.05) is 13.0 Å². The molecule has 3 atom stereocenters. The lowest BCUT2D eigenvalue weighted by atomic mass is 10.2. The van der Waals surface area contributed by atoms with Crippen LogP contribution in [0.25, 0.3) is 0 Å². The van der Waals surface area contributed by atoms with Gasteiger partial charge in [-0.1, -0.05) is 0 Å². The molecule has 0 spiro atoms. The van der Waals surface area contributed by atoms with Crippen molar-refractivity contribution in [1.82, 2.24) is 5.32 Å². The number of hydrogen-bond donors (Lipinski definition) is 2. The summed E-state index contributed by atoms with van der Waals surface area (Å²) in [6, 6.07) is 0.0995. The molecule has 0 aromatic rings. The van der Waals surface area contributed by atoms with Crippen molar-refractivity contribution in [3.05, 3.63) is 0 Å². The number of rotatable bonds is 3. The second-order valence-electron chi connectivity index (χ2n) is 4.28. The monoisotopic (exact) mass is 217 g/mol. The number of carbonyl (C=O) groups excluding carboxylic acids is 1. The first-order chi connectivity index (χ1) is 6.53.